The zero-order valence-electron chi connectivity index (χ0n) is 13.4. The highest BCUT2D eigenvalue weighted by molar-refractivity contribution is 5.95. The van der Waals surface area contributed by atoms with Gasteiger partial charge in [0.2, 0.25) is 0 Å². The highest BCUT2D eigenvalue weighted by atomic mass is 16.5. The van der Waals surface area contributed by atoms with E-state index in [-0.39, 0.29) is 28.3 Å². The van der Waals surface area contributed by atoms with Gasteiger partial charge in [-0.15, -0.1) is 0 Å². The summed E-state index contributed by atoms with van der Waals surface area (Å²) in [6, 6.07) is 0. The minimum Gasteiger partial charge on any atom is -0.504 e. The number of cyclic esters (lactones) is 1. The molecule has 1 saturated heterocycles. The van der Waals surface area contributed by atoms with Crippen molar-refractivity contribution in [2.45, 2.75) is 52.4 Å². The van der Waals surface area contributed by atoms with Gasteiger partial charge in [-0.05, 0) is 61.9 Å². The normalized spacial score (nSPS) is 47.6. The summed E-state index contributed by atoms with van der Waals surface area (Å²) >= 11 is 0. The Labute approximate surface area is 130 Å². The number of hydrogen-bond donors (Lipinski definition) is 1. The summed E-state index contributed by atoms with van der Waals surface area (Å²) in [7, 11) is 0. The Bertz CT molecular complexity index is 592. The standard InChI is InChI=1S/C18H24O4/c1-17-8-6-14(19)15(20)12(17)4-3-10-11(17)5-7-18(2)13(10)9-22-16(18)21/h10-11,13,20H,3-9H2,1-2H3/t10-,11-,13+,17-,18+/m1/s1. The maximum atomic E-state index is 12.1. The summed E-state index contributed by atoms with van der Waals surface area (Å²) < 4.78 is 5.40. The third-order valence-electron chi connectivity index (χ3n) is 7.34. The molecular weight excluding hydrogens is 280 g/mol. The molecule has 2 saturated carbocycles. The summed E-state index contributed by atoms with van der Waals surface area (Å²) in [5.74, 6) is 1.16. The topological polar surface area (TPSA) is 63.6 Å². The number of hydrogen-bond acceptors (Lipinski definition) is 4. The molecule has 5 atom stereocenters. The third kappa shape index (κ3) is 1.59. The molecule has 4 rings (SSSR count). The number of aliphatic hydroxyl groups excluding tert-OH is 1. The van der Waals surface area contributed by atoms with E-state index in [4.69, 9.17) is 4.74 Å². The highest BCUT2D eigenvalue weighted by Gasteiger charge is 2.61. The van der Waals surface area contributed by atoms with Gasteiger partial charge in [-0.2, -0.15) is 0 Å². The predicted molar refractivity (Wildman–Crippen MR) is 80.0 cm³/mol. The van der Waals surface area contributed by atoms with E-state index in [2.05, 4.69) is 13.8 Å². The van der Waals surface area contributed by atoms with Crippen LogP contribution >= 0.6 is 0 Å². The number of rotatable bonds is 0. The zero-order valence-corrected chi connectivity index (χ0v) is 13.4. The van der Waals surface area contributed by atoms with Gasteiger partial charge in [0.15, 0.2) is 11.5 Å². The number of allylic oxidation sites excluding steroid dienone is 2. The molecule has 4 nitrogen and oxygen atoms in total. The Balaban J connectivity index is 1.73. The van der Waals surface area contributed by atoms with Crippen molar-refractivity contribution in [3.8, 4) is 0 Å². The molecule has 22 heavy (non-hydrogen) atoms. The van der Waals surface area contributed by atoms with E-state index in [9.17, 15) is 14.7 Å². The molecule has 0 bridgehead atoms. The van der Waals surface area contributed by atoms with Crippen LogP contribution in [0.25, 0.3) is 0 Å². The van der Waals surface area contributed by atoms with Crippen molar-refractivity contribution in [2.75, 3.05) is 6.61 Å². The first kappa shape index (κ1) is 14.3. The number of carbonyl (C=O) groups excluding carboxylic acids is 2. The van der Waals surface area contributed by atoms with Crippen LogP contribution in [0, 0.1) is 28.6 Å². The molecule has 0 spiro atoms. The van der Waals surface area contributed by atoms with E-state index in [1.54, 1.807) is 0 Å². The van der Waals surface area contributed by atoms with Crippen molar-refractivity contribution in [3.63, 3.8) is 0 Å². The molecule has 0 unspecified atom stereocenters. The van der Waals surface area contributed by atoms with Gasteiger partial charge < -0.3 is 9.84 Å². The van der Waals surface area contributed by atoms with E-state index in [0.717, 1.165) is 37.7 Å². The number of esters is 1. The second kappa shape index (κ2) is 4.36. The van der Waals surface area contributed by atoms with Crippen molar-refractivity contribution >= 4 is 11.8 Å². The van der Waals surface area contributed by atoms with E-state index in [1.807, 2.05) is 0 Å². The molecule has 1 heterocycles. The summed E-state index contributed by atoms with van der Waals surface area (Å²) in [6.07, 6.45) is 4.90. The monoisotopic (exact) mass is 304 g/mol. The van der Waals surface area contributed by atoms with Crippen molar-refractivity contribution in [2.24, 2.45) is 28.6 Å². The van der Waals surface area contributed by atoms with Crippen LogP contribution in [0.5, 0.6) is 0 Å². The number of Topliss-reactive ketones (excluding diaryl/α,β-unsaturated/α-hetero) is 1. The summed E-state index contributed by atoms with van der Waals surface area (Å²) in [5.41, 5.74) is 0.595. The van der Waals surface area contributed by atoms with Crippen LogP contribution in [0.4, 0.5) is 0 Å². The fraction of sp³-hybridized carbons (Fsp3) is 0.778. The van der Waals surface area contributed by atoms with Gasteiger partial charge in [0.25, 0.3) is 0 Å². The minimum atomic E-state index is -0.314. The maximum Gasteiger partial charge on any atom is 0.312 e. The van der Waals surface area contributed by atoms with E-state index >= 15 is 0 Å². The Morgan fingerprint density at radius 3 is 2.59 bits per heavy atom. The number of fused-ring (bicyclic) bond motifs is 5. The van der Waals surface area contributed by atoms with Gasteiger partial charge in [-0.25, -0.2) is 0 Å². The predicted octanol–water partition coefficient (Wildman–Crippen LogP) is 3.17. The quantitative estimate of drug-likeness (QED) is 0.698. The summed E-state index contributed by atoms with van der Waals surface area (Å²) in [5, 5.41) is 10.3. The molecule has 0 aromatic heterocycles. The fourth-order valence-electron chi connectivity index (χ4n) is 5.90. The lowest BCUT2D eigenvalue weighted by Gasteiger charge is -2.55. The molecule has 0 radical (unpaired) electrons. The molecular formula is C18H24O4. The smallest absolute Gasteiger partial charge is 0.312 e. The van der Waals surface area contributed by atoms with Gasteiger partial charge in [0, 0.05) is 12.3 Å². The molecule has 3 aliphatic carbocycles. The van der Waals surface area contributed by atoms with Gasteiger partial charge in [0.05, 0.1) is 12.0 Å². The van der Waals surface area contributed by atoms with Crippen molar-refractivity contribution in [3.05, 3.63) is 11.3 Å². The number of aliphatic hydroxyl groups is 1. The van der Waals surface area contributed by atoms with Crippen LogP contribution in [0.2, 0.25) is 0 Å². The lowest BCUT2D eigenvalue weighted by molar-refractivity contribution is -0.148. The number of carbonyl (C=O) groups is 2. The van der Waals surface area contributed by atoms with E-state index < -0.39 is 0 Å². The molecule has 120 valence electrons. The number of ether oxygens (including phenoxy) is 1. The Hall–Kier alpha value is -1.32. The molecule has 4 aliphatic rings. The van der Waals surface area contributed by atoms with Gasteiger partial charge in [-0.1, -0.05) is 6.92 Å². The summed E-state index contributed by atoms with van der Waals surface area (Å²) in [4.78, 5) is 24.0. The molecule has 0 aromatic carbocycles. The molecule has 4 heteroatoms. The molecule has 0 aromatic rings. The van der Waals surface area contributed by atoms with Crippen molar-refractivity contribution in [1.29, 1.82) is 0 Å². The van der Waals surface area contributed by atoms with Gasteiger partial charge in [-0.3, -0.25) is 9.59 Å². The van der Waals surface area contributed by atoms with E-state index in [0.29, 0.717) is 30.8 Å². The third-order valence-corrected chi connectivity index (χ3v) is 7.34. The van der Waals surface area contributed by atoms with Crippen LogP contribution in [0.3, 0.4) is 0 Å². The van der Waals surface area contributed by atoms with Crippen molar-refractivity contribution < 1.29 is 19.4 Å². The van der Waals surface area contributed by atoms with Crippen LogP contribution in [0.15, 0.2) is 11.3 Å². The second-order valence-electron chi connectivity index (χ2n) is 8.14. The highest BCUT2D eigenvalue weighted by Crippen LogP contribution is 2.63. The van der Waals surface area contributed by atoms with Crippen LogP contribution in [-0.4, -0.2) is 23.5 Å². The molecule has 0 amide bonds. The minimum absolute atomic E-state index is 0.0240. The Morgan fingerprint density at radius 2 is 1.82 bits per heavy atom. The lowest BCUT2D eigenvalue weighted by atomic mass is 9.47. The maximum absolute atomic E-state index is 12.1. The Morgan fingerprint density at radius 1 is 1.05 bits per heavy atom. The van der Waals surface area contributed by atoms with Gasteiger partial charge >= 0.3 is 5.97 Å². The molecule has 3 fully saturated rings. The van der Waals surface area contributed by atoms with Crippen LogP contribution in [-0.2, 0) is 14.3 Å². The first-order chi connectivity index (χ1) is 10.4. The first-order valence-corrected chi connectivity index (χ1v) is 8.51. The molecule has 1 aliphatic heterocycles. The Kier molecular flexibility index (Phi) is 2.83. The average Bonchev–Trinajstić information content (AvgIpc) is 2.79. The van der Waals surface area contributed by atoms with Crippen LogP contribution in [0.1, 0.15) is 52.4 Å². The summed E-state index contributed by atoms with van der Waals surface area (Å²) in [6.45, 7) is 4.84. The largest absolute Gasteiger partial charge is 0.504 e. The molecule has 1 N–H and O–H groups in total. The van der Waals surface area contributed by atoms with Crippen LogP contribution < -0.4 is 0 Å². The first-order valence-electron chi connectivity index (χ1n) is 8.51. The van der Waals surface area contributed by atoms with E-state index in [1.165, 1.54) is 0 Å². The zero-order chi connectivity index (χ0) is 15.7. The second-order valence-corrected chi connectivity index (χ2v) is 8.14. The van der Waals surface area contributed by atoms with Crippen molar-refractivity contribution in [1.82, 2.24) is 0 Å². The lowest BCUT2D eigenvalue weighted by Crippen LogP contribution is -2.51. The fourth-order valence-corrected chi connectivity index (χ4v) is 5.90. The SMILES string of the molecule is C[C@]12CCC(=O)C(O)=C1CC[C@@H]1[C@H]2CC[C@]2(C)C(=O)OC[C@@H]12. The average molecular weight is 304 g/mol. The number of ketones is 1. The van der Waals surface area contributed by atoms with Gasteiger partial charge in [0.1, 0.15) is 0 Å².